The SMILES string of the molecule is CCNC(=NCCc1ccc(F)cc1F)N1CC[C@@H](O)C1. The molecule has 2 rings (SSSR count). The lowest BCUT2D eigenvalue weighted by atomic mass is 10.1. The van der Waals surface area contributed by atoms with E-state index in [2.05, 4.69) is 10.3 Å². The minimum atomic E-state index is -0.570. The summed E-state index contributed by atoms with van der Waals surface area (Å²) in [5, 5.41) is 12.7. The van der Waals surface area contributed by atoms with Crippen LogP contribution in [0.25, 0.3) is 0 Å². The van der Waals surface area contributed by atoms with Gasteiger partial charge in [0.1, 0.15) is 11.6 Å². The van der Waals surface area contributed by atoms with Crippen LogP contribution in [0.2, 0.25) is 0 Å². The number of hydrogen-bond donors (Lipinski definition) is 2. The van der Waals surface area contributed by atoms with Gasteiger partial charge in [-0.2, -0.15) is 0 Å². The lowest BCUT2D eigenvalue weighted by Crippen LogP contribution is -2.40. The van der Waals surface area contributed by atoms with E-state index in [4.69, 9.17) is 0 Å². The molecular weight excluding hydrogens is 276 g/mol. The number of hydrogen-bond acceptors (Lipinski definition) is 2. The molecule has 1 fully saturated rings. The van der Waals surface area contributed by atoms with Gasteiger partial charge in [-0.05, 0) is 31.4 Å². The van der Waals surface area contributed by atoms with Crippen molar-refractivity contribution in [2.45, 2.75) is 25.9 Å². The van der Waals surface area contributed by atoms with Gasteiger partial charge in [0.05, 0.1) is 6.10 Å². The molecule has 0 radical (unpaired) electrons. The molecule has 0 amide bonds. The van der Waals surface area contributed by atoms with Crippen LogP contribution in [0.4, 0.5) is 8.78 Å². The van der Waals surface area contributed by atoms with Crippen LogP contribution in [0.15, 0.2) is 23.2 Å². The molecule has 0 aliphatic carbocycles. The first-order valence-electron chi connectivity index (χ1n) is 7.25. The summed E-state index contributed by atoms with van der Waals surface area (Å²) in [4.78, 5) is 6.44. The Morgan fingerprint density at radius 3 is 2.90 bits per heavy atom. The molecule has 1 aliphatic rings. The lowest BCUT2D eigenvalue weighted by molar-refractivity contribution is 0.188. The number of nitrogens with zero attached hydrogens (tertiary/aromatic N) is 2. The van der Waals surface area contributed by atoms with E-state index in [1.165, 1.54) is 12.1 Å². The summed E-state index contributed by atoms with van der Waals surface area (Å²) < 4.78 is 26.4. The number of β-amino-alcohol motifs (C(OH)–C–C–N with tert-alkyl or cyclic N) is 1. The van der Waals surface area contributed by atoms with Crippen LogP contribution in [-0.2, 0) is 6.42 Å². The topological polar surface area (TPSA) is 47.9 Å². The van der Waals surface area contributed by atoms with Gasteiger partial charge in [-0.1, -0.05) is 6.07 Å². The maximum atomic E-state index is 13.5. The first-order valence-corrected chi connectivity index (χ1v) is 7.25. The van der Waals surface area contributed by atoms with E-state index in [-0.39, 0.29) is 6.10 Å². The van der Waals surface area contributed by atoms with Gasteiger partial charge in [0, 0.05) is 32.2 Å². The van der Waals surface area contributed by atoms with E-state index in [0.717, 1.165) is 31.5 Å². The van der Waals surface area contributed by atoms with E-state index < -0.39 is 11.6 Å². The van der Waals surface area contributed by atoms with Gasteiger partial charge < -0.3 is 15.3 Å². The van der Waals surface area contributed by atoms with Gasteiger partial charge in [-0.3, -0.25) is 4.99 Å². The van der Waals surface area contributed by atoms with Crippen molar-refractivity contribution in [2.75, 3.05) is 26.2 Å². The fourth-order valence-corrected chi connectivity index (χ4v) is 2.37. The van der Waals surface area contributed by atoms with E-state index in [1.54, 1.807) is 0 Å². The Morgan fingerprint density at radius 1 is 1.48 bits per heavy atom. The van der Waals surface area contributed by atoms with Crippen LogP contribution in [0.3, 0.4) is 0 Å². The number of aliphatic hydroxyl groups excluding tert-OH is 1. The van der Waals surface area contributed by atoms with E-state index >= 15 is 0 Å². The second-order valence-corrected chi connectivity index (χ2v) is 5.11. The molecule has 116 valence electrons. The number of benzene rings is 1. The van der Waals surface area contributed by atoms with E-state index in [9.17, 15) is 13.9 Å². The average molecular weight is 297 g/mol. The van der Waals surface area contributed by atoms with Gasteiger partial charge >= 0.3 is 0 Å². The number of guanidine groups is 1. The number of nitrogens with one attached hydrogen (secondary N) is 1. The molecule has 1 aromatic rings. The Hall–Kier alpha value is -1.69. The molecular formula is C15H21F2N3O. The number of likely N-dealkylation sites (tertiary alicyclic amines) is 1. The maximum absolute atomic E-state index is 13.5. The Bertz CT molecular complexity index is 508. The fraction of sp³-hybridized carbons (Fsp3) is 0.533. The van der Waals surface area contributed by atoms with Crippen LogP contribution in [0.1, 0.15) is 18.9 Å². The molecule has 4 nitrogen and oxygen atoms in total. The fourth-order valence-electron chi connectivity index (χ4n) is 2.37. The monoisotopic (exact) mass is 297 g/mol. The number of halogens is 2. The molecule has 0 bridgehead atoms. The lowest BCUT2D eigenvalue weighted by Gasteiger charge is -2.20. The minimum absolute atomic E-state index is 0.316. The zero-order valence-corrected chi connectivity index (χ0v) is 12.1. The molecule has 2 N–H and O–H groups in total. The van der Waals surface area contributed by atoms with Crippen LogP contribution < -0.4 is 5.32 Å². The first kappa shape index (κ1) is 15.7. The molecule has 1 atom stereocenters. The highest BCUT2D eigenvalue weighted by molar-refractivity contribution is 5.80. The molecule has 1 aromatic carbocycles. The van der Waals surface area contributed by atoms with Gasteiger partial charge in [0.15, 0.2) is 5.96 Å². The van der Waals surface area contributed by atoms with Crippen LogP contribution in [0, 0.1) is 11.6 Å². The van der Waals surface area contributed by atoms with Gasteiger partial charge in [-0.15, -0.1) is 0 Å². The van der Waals surface area contributed by atoms with Crippen molar-refractivity contribution >= 4 is 5.96 Å². The third-order valence-electron chi connectivity index (χ3n) is 3.46. The summed E-state index contributed by atoms with van der Waals surface area (Å²) >= 11 is 0. The first-order chi connectivity index (χ1) is 10.1. The highest BCUT2D eigenvalue weighted by Gasteiger charge is 2.22. The maximum Gasteiger partial charge on any atom is 0.194 e. The minimum Gasteiger partial charge on any atom is -0.391 e. The summed E-state index contributed by atoms with van der Waals surface area (Å²) in [6.07, 6.45) is 0.831. The zero-order chi connectivity index (χ0) is 15.2. The summed E-state index contributed by atoms with van der Waals surface area (Å²) in [5.41, 5.74) is 0.456. The molecule has 1 aliphatic heterocycles. The summed E-state index contributed by atoms with van der Waals surface area (Å²) in [7, 11) is 0. The van der Waals surface area contributed by atoms with E-state index in [0.29, 0.717) is 25.1 Å². The summed E-state index contributed by atoms with van der Waals surface area (Å²) in [6, 6.07) is 3.60. The third-order valence-corrected chi connectivity index (χ3v) is 3.46. The molecule has 0 spiro atoms. The zero-order valence-electron chi connectivity index (χ0n) is 12.1. The Labute approximate surface area is 123 Å². The Kier molecular flexibility index (Phi) is 5.50. The number of rotatable bonds is 4. The van der Waals surface area contributed by atoms with E-state index in [1.807, 2.05) is 11.8 Å². The molecule has 0 aromatic heterocycles. The predicted molar refractivity (Wildman–Crippen MR) is 78.2 cm³/mol. The van der Waals surface area contributed by atoms with Crippen LogP contribution in [0.5, 0.6) is 0 Å². The van der Waals surface area contributed by atoms with Crippen molar-refractivity contribution in [1.82, 2.24) is 10.2 Å². The second-order valence-electron chi connectivity index (χ2n) is 5.11. The highest BCUT2D eigenvalue weighted by atomic mass is 19.1. The van der Waals surface area contributed by atoms with Crippen molar-refractivity contribution in [3.63, 3.8) is 0 Å². The molecule has 0 unspecified atom stereocenters. The number of aliphatic imine (C=N–C) groups is 1. The normalized spacial score (nSPS) is 19.1. The Balaban J connectivity index is 1.96. The van der Waals surface area contributed by atoms with Crippen molar-refractivity contribution < 1.29 is 13.9 Å². The standard InChI is InChI=1S/C15H21F2N3O/c1-2-18-15(20-8-6-13(21)10-20)19-7-5-11-3-4-12(16)9-14(11)17/h3-4,9,13,21H,2,5-8,10H2,1H3,(H,18,19)/t13-/m1/s1. The third kappa shape index (κ3) is 4.39. The largest absolute Gasteiger partial charge is 0.391 e. The molecule has 6 heteroatoms. The summed E-state index contributed by atoms with van der Waals surface area (Å²) in [6.45, 7) is 4.45. The second kappa shape index (κ2) is 7.36. The molecule has 0 saturated carbocycles. The quantitative estimate of drug-likeness (QED) is 0.655. The molecule has 1 saturated heterocycles. The predicted octanol–water partition coefficient (Wildman–Crippen LogP) is 1.54. The van der Waals surface area contributed by atoms with Crippen LogP contribution >= 0.6 is 0 Å². The van der Waals surface area contributed by atoms with Crippen LogP contribution in [-0.4, -0.2) is 48.2 Å². The summed E-state index contributed by atoms with van der Waals surface area (Å²) in [5.74, 6) is -0.373. The van der Waals surface area contributed by atoms with Crippen molar-refractivity contribution in [2.24, 2.45) is 4.99 Å². The average Bonchev–Trinajstić information content (AvgIpc) is 2.86. The number of aliphatic hydroxyl groups is 1. The van der Waals surface area contributed by atoms with Gasteiger partial charge in [0.2, 0.25) is 0 Å². The van der Waals surface area contributed by atoms with Crippen molar-refractivity contribution in [1.29, 1.82) is 0 Å². The van der Waals surface area contributed by atoms with Crippen molar-refractivity contribution in [3.8, 4) is 0 Å². The smallest absolute Gasteiger partial charge is 0.194 e. The van der Waals surface area contributed by atoms with Gasteiger partial charge in [-0.25, -0.2) is 8.78 Å². The Morgan fingerprint density at radius 2 is 2.29 bits per heavy atom. The molecule has 1 heterocycles. The van der Waals surface area contributed by atoms with Gasteiger partial charge in [0.25, 0.3) is 0 Å². The molecule has 21 heavy (non-hydrogen) atoms. The van der Waals surface area contributed by atoms with Crippen molar-refractivity contribution in [3.05, 3.63) is 35.4 Å². The highest BCUT2D eigenvalue weighted by Crippen LogP contribution is 2.11.